The van der Waals surface area contributed by atoms with Crippen molar-refractivity contribution in [1.29, 1.82) is 0 Å². The maximum absolute atomic E-state index is 12.0. The third-order valence-corrected chi connectivity index (χ3v) is 3.18. The number of rotatable bonds is 3. The van der Waals surface area contributed by atoms with Gasteiger partial charge in [0.05, 0.1) is 17.4 Å². The van der Waals surface area contributed by atoms with E-state index in [1.165, 1.54) is 5.56 Å². The average Bonchev–Trinajstić information content (AvgIpc) is 2.85. The summed E-state index contributed by atoms with van der Waals surface area (Å²) in [5.74, 6) is -0.0583. The van der Waals surface area contributed by atoms with Crippen molar-refractivity contribution in [2.75, 3.05) is 5.32 Å². The number of benzene rings is 2. The Balaban J connectivity index is 1.74. The molecule has 1 aromatic heterocycles. The first-order valence-electron chi connectivity index (χ1n) is 6.49. The summed E-state index contributed by atoms with van der Waals surface area (Å²) in [7, 11) is 0. The van der Waals surface area contributed by atoms with Gasteiger partial charge in [0.15, 0.2) is 0 Å². The smallest absolute Gasteiger partial charge is 0.244 e. The second-order valence-electron chi connectivity index (χ2n) is 4.78. The van der Waals surface area contributed by atoms with E-state index in [0.29, 0.717) is 0 Å². The van der Waals surface area contributed by atoms with Gasteiger partial charge in [-0.3, -0.25) is 4.79 Å². The quantitative estimate of drug-likeness (QED) is 0.791. The van der Waals surface area contributed by atoms with Crippen LogP contribution in [0.3, 0.4) is 0 Å². The summed E-state index contributed by atoms with van der Waals surface area (Å²) in [6.07, 6.45) is 1.69. The van der Waals surface area contributed by atoms with Gasteiger partial charge in [0.1, 0.15) is 6.54 Å². The van der Waals surface area contributed by atoms with E-state index in [0.717, 1.165) is 16.7 Å². The van der Waals surface area contributed by atoms with E-state index >= 15 is 0 Å². The highest BCUT2D eigenvalue weighted by molar-refractivity contribution is 5.91. The molecule has 1 N–H and O–H groups in total. The van der Waals surface area contributed by atoms with Crippen LogP contribution in [0.2, 0.25) is 0 Å². The van der Waals surface area contributed by atoms with Crippen molar-refractivity contribution in [2.24, 2.45) is 0 Å². The normalized spacial score (nSPS) is 10.7. The fourth-order valence-corrected chi connectivity index (χ4v) is 2.13. The number of nitrogens with one attached hydrogen (secondary N) is 1. The van der Waals surface area contributed by atoms with Crippen molar-refractivity contribution in [3.05, 3.63) is 60.4 Å². The summed E-state index contributed by atoms with van der Waals surface area (Å²) in [5.41, 5.74) is 3.84. The standard InChI is InChI=1S/C16H15N3O/c1-12-6-8-13(9-7-12)18-16(20)10-19-11-17-14-4-2-3-5-15(14)19/h2-9,11H,10H2,1H3,(H,18,20). The summed E-state index contributed by atoms with van der Waals surface area (Å²) >= 11 is 0. The lowest BCUT2D eigenvalue weighted by atomic mass is 10.2. The highest BCUT2D eigenvalue weighted by Gasteiger charge is 2.07. The predicted octanol–water partition coefficient (Wildman–Crippen LogP) is 2.98. The van der Waals surface area contributed by atoms with E-state index in [-0.39, 0.29) is 12.5 Å². The molecule has 0 fully saturated rings. The van der Waals surface area contributed by atoms with Crippen molar-refractivity contribution in [1.82, 2.24) is 9.55 Å². The summed E-state index contributed by atoms with van der Waals surface area (Å²) in [6.45, 7) is 2.28. The van der Waals surface area contributed by atoms with Crippen molar-refractivity contribution in [3.63, 3.8) is 0 Å². The van der Waals surface area contributed by atoms with Gasteiger partial charge in [-0.25, -0.2) is 4.98 Å². The Kier molecular flexibility index (Phi) is 3.21. The molecule has 3 aromatic rings. The molecule has 1 heterocycles. The molecule has 100 valence electrons. The Bertz CT molecular complexity index is 744. The van der Waals surface area contributed by atoms with Gasteiger partial charge < -0.3 is 9.88 Å². The first-order chi connectivity index (χ1) is 9.72. The van der Waals surface area contributed by atoms with Crippen LogP contribution < -0.4 is 5.32 Å². The second-order valence-corrected chi connectivity index (χ2v) is 4.78. The zero-order valence-corrected chi connectivity index (χ0v) is 11.2. The Labute approximate surface area is 117 Å². The van der Waals surface area contributed by atoms with Crippen molar-refractivity contribution >= 4 is 22.6 Å². The molecule has 0 saturated heterocycles. The molecule has 0 spiro atoms. The fourth-order valence-electron chi connectivity index (χ4n) is 2.13. The molecule has 0 aliphatic carbocycles. The molecule has 0 aliphatic heterocycles. The maximum Gasteiger partial charge on any atom is 0.244 e. The zero-order chi connectivity index (χ0) is 13.9. The largest absolute Gasteiger partial charge is 0.325 e. The molecular formula is C16H15N3O. The summed E-state index contributed by atoms with van der Waals surface area (Å²) in [4.78, 5) is 16.3. The van der Waals surface area contributed by atoms with E-state index in [9.17, 15) is 4.79 Å². The number of carbonyl (C=O) groups is 1. The highest BCUT2D eigenvalue weighted by atomic mass is 16.1. The monoisotopic (exact) mass is 265 g/mol. The molecule has 4 nitrogen and oxygen atoms in total. The van der Waals surface area contributed by atoms with Crippen LogP contribution in [0.5, 0.6) is 0 Å². The van der Waals surface area contributed by atoms with E-state index < -0.39 is 0 Å². The third-order valence-electron chi connectivity index (χ3n) is 3.18. The molecule has 0 aliphatic rings. The van der Waals surface area contributed by atoms with Gasteiger partial charge in [-0.2, -0.15) is 0 Å². The number of fused-ring (bicyclic) bond motifs is 1. The minimum Gasteiger partial charge on any atom is -0.325 e. The van der Waals surface area contributed by atoms with Crippen LogP contribution in [0, 0.1) is 6.92 Å². The van der Waals surface area contributed by atoms with Crippen LogP contribution >= 0.6 is 0 Å². The third kappa shape index (κ3) is 2.54. The van der Waals surface area contributed by atoms with Crippen LogP contribution in [0.1, 0.15) is 5.56 Å². The molecular weight excluding hydrogens is 250 g/mol. The number of imidazole rings is 1. The lowest BCUT2D eigenvalue weighted by molar-refractivity contribution is -0.116. The number of aromatic nitrogens is 2. The molecule has 0 bridgehead atoms. The number of aryl methyl sites for hydroxylation is 1. The number of nitrogens with zero attached hydrogens (tertiary/aromatic N) is 2. The lowest BCUT2D eigenvalue weighted by Crippen LogP contribution is -2.18. The molecule has 4 heteroatoms. The maximum atomic E-state index is 12.0. The van der Waals surface area contributed by atoms with E-state index in [4.69, 9.17) is 0 Å². The van der Waals surface area contributed by atoms with E-state index in [1.54, 1.807) is 6.33 Å². The second kappa shape index (κ2) is 5.17. The van der Waals surface area contributed by atoms with Crippen LogP contribution in [-0.2, 0) is 11.3 Å². The Morgan fingerprint density at radius 1 is 1.15 bits per heavy atom. The zero-order valence-electron chi connectivity index (χ0n) is 11.2. The Hall–Kier alpha value is -2.62. The van der Waals surface area contributed by atoms with Gasteiger partial charge in [-0.1, -0.05) is 29.8 Å². The van der Waals surface area contributed by atoms with Crippen LogP contribution in [-0.4, -0.2) is 15.5 Å². The van der Waals surface area contributed by atoms with Crippen LogP contribution in [0.15, 0.2) is 54.9 Å². The van der Waals surface area contributed by atoms with Crippen molar-refractivity contribution in [3.8, 4) is 0 Å². The molecule has 0 radical (unpaired) electrons. The first-order valence-corrected chi connectivity index (χ1v) is 6.49. The Morgan fingerprint density at radius 3 is 2.70 bits per heavy atom. The molecule has 2 aromatic carbocycles. The molecule has 20 heavy (non-hydrogen) atoms. The fraction of sp³-hybridized carbons (Fsp3) is 0.125. The van der Waals surface area contributed by atoms with Crippen molar-refractivity contribution < 1.29 is 4.79 Å². The SMILES string of the molecule is Cc1ccc(NC(=O)Cn2cnc3ccccc32)cc1. The predicted molar refractivity (Wildman–Crippen MR) is 79.5 cm³/mol. The topological polar surface area (TPSA) is 46.9 Å². The van der Waals surface area contributed by atoms with Crippen LogP contribution in [0.4, 0.5) is 5.69 Å². The highest BCUT2D eigenvalue weighted by Crippen LogP contribution is 2.12. The summed E-state index contributed by atoms with van der Waals surface area (Å²) < 4.78 is 1.85. The number of hydrogen-bond acceptors (Lipinski definition) is 2. The van der Waals surface area contributed by atoms with Gasteiger partial charge in [0, 0.05) is 5.69 Å². The van der Waals surface area contributed by atoms with Gasteiger partial charge >= 0.3 is 0 Å². The average molecular weight is 265 g/mol. The molecule has 1 amide bonds. The number of hydrogen-bond donors (Lipinski definition) is 1. The summed E-state index contributed by atoms with van der Waals surface area (Å²) in [6, 6.07) is 15.5. The lowest BCUT2D eigenvalue weighted by Gasteiger charge is -2.07. The number of para-hydroxylation sites is 2. The first kappa shape index (κ1) is 12.4. The van der Waals surface area contributed by atoms with E-state index in [1.807, 2.05) is 60.0 Å². The van der Waals surface area contributed by atoms with Gasteiger partial charge in [-0.15, -0.1) is 0 Å². The summed E-state index contributed by atoms with van der Waals surface area (Å²) in [5, 5.41) is 2.88. The molecule has 0 atom stereocenters. The van der Waals surface area contributed by atoms with Crippen LogP contribution in [0.25, 0.3) is 11.0 Å². The van der Waals surface area contributed by atoms with Gasteiger partial charge in [-0.05, 0) is 31.2 Å². The molecule has 3 rings (SSSR count). The van der Waals surface area contributed by atoms with Gasteiger partial charge in [0.2, 0.25) is 5.91 Å². The van der Waals surface area contributed by atoms with Crippen molar-refractivity contribution in [2.45, 2.75) is 13.5 Å². The molecule has 0 unspecified atom stereocenters. The number of carbonyl (C=O) groups excluding carboxylic acids is 1. The number of anilines is 1. The minimum absolute atomic E-state index is 0.0583. The minimum atomic E-state index is -0.0583. The van der Waals surface area contributed by atoms with Gasteiger partial charge in [0.25, 0.3) is 0 Å². The molecule has 0 saturated carbocycles. The number of amides is 1. The van der Waals surface area contributed by atoms with E-state index in [2.05, 4.69) is 10.3 Å². The Morgan fingerprint density at radius 2 is 1.90 bits per heavy atom.